The maximum absolute atomic E-state index is 12.1. The lowest BCUT2D eigenvalue weighted by molar-refractivity contribution is 0.0906. The molecule has 172 valence electrons. The molecule has 3 rings (SSSR count). The summed E-state index contributed by atoms with van der Waals surface area (Å²) in [4.78, 5) is 18.9. The minimum atomic E-state index is -0.00800. The molecule has 0 aliphatic carbocycles. The minimum Gasteiger partial charge on any atom is -0.376 e. The fraction of sp³-hybridized carbons (Fsp3) is 0.462. The van der Waals surface area contributed by atoms with Crippen molar-refractivity contribution in [3.63, 3.8) is 0 Å². The number of nitrogens with one attached hydrogen (secondary N) is 2. The number of carbonyl (C=O) groups is 1. The van der Waals surface area contributed by atoms with Gasteiger partial charge in [0, 0.05) is 44.7 Å². The van der Waals surface area contributed by atoms with Crippen LogP contribution < -0.4 is 10.6 Å². The van der Waals surface area contributed by atoms with Gasteiger partial charge in [-0.05, 0) is 36.1 Å². The Balaban J connectivity index is 1.40. The van der Waals surface area contributed by atoms with Gasteiger partial charge in [-0.1, -0.05) is 55.8 Å². The van der Waals surface area contributed by atoms with E-state index in [1.54, 1.807) is 0 Å². The predicted molar refractivity (Wildman–Crippen MR) is 130 cm³/mol. The van der Waals surface area contributed by atoms with Crippen LogP contribution in [0.1, 0.15) is 47.7 Å². The SMILES string of the molecule is CCCCNC(=O)c1ccc(CNC(=NC)N2CCC(COCc3ccccc3)C2)cc1. The average molecular weight is 437 g/mol. The molecule has 1 heterocycles. The first-order valence-corrected chi connectivity index (χ1v) is 11.6. The molecule has 1 amide bonds. The monoisotopic (exact) mass is 436 g/mol. The highest BCUT2D eigenvalue weighted by atomic mass is 16.5. The van der Waals surface area contributed by atoms with E-state index >= 15 is 0 Å². The highest BCUT2D eigenvalue weighted by Crippen LogP contribution is 2.17. The number of rotatable bonds is 10. The van der Waals surface area contributed by atoms with Gasteiger partial charge in [0.05, 0.1) is 13.2 Å². The molecule has 0 bridgehead atoms. The lowest BCUT2D eigenvalue weighted by Crippen LogP contribution is -2.39. The highest BCUT2D eigenvalue weighted by molar-refractivity contribution is 5.94. The fourth-order valence-electron chi connectivity index (χ4n) is 3.85. The summed E-state index contributed by atoms with van der Waals surface area (Å²) in [5.74, 6) is 1.42. The molecule has 32 heavy (non-hydrogen) atoms. The number of benzene rings is 2. The Kier molecular flexibility index (Phi) is 9.57. The van der Waals surface area contributed by atoms with Crippen molar-refractivity contribution in [3.8, 4) is 0 Å². The van der Waals surface area contributed by atoms with Crippen LogP contribution in [0.3, 0.4) is 0 Å². The number of guanidine groups is 1. The van der Waals surface area contributed by atoms with Crippen molar-refractivity contribution in [2.45, 2.75) is 39.3 Å². The van der Waals surface area contributed by atoms with E-state index in [9.17, 15) is 4.79 Å². The lowest BCUT2D eigenvalue weighted by Gasteiger charge is -2.22. The maximum atomic E-state index is 12.1. The van der Waals surface area contributed by atoms with Crippen LogP contribution in [0.2, 0.25) is 0 Å². The van der Waals surface area contributed by atoms with E-state index in [1.165, 1.54) is 5.56 Å². The third-order valence-corrected chi connectivity index (χ3v) is 5.74. The van der Waals surface area contributed by atoms with Crippen LogP contribution in [0.5, 0.6) is 0 Å². The number of carbonyl (C=O) groups excluding carboxylic acids is 1. The summed E-state index contributed by atoms with van der Waals surface area (Å²) in [5, 5.41) is 6.41. The lowest BCUT2D eigenvalue weighted by atomic mass is 10.1. The van der Waals surface area contributed by atoms with E-state index in [0.717, 1.165) is 57.0 Å². The normalized spacial score (nSPS) is 16.2. The summed E-state index contributed by atoms with van der Waals surface area (Å²) in [6.45, 7) is 6.88. The summed E-state index contributed by atoms with van der Waals surface area (Å²) >= 11 is 0. The first-order valence-electron chi connectivity index (χ1n) is 11.6. The number of amides is 1. The zero-order valence-corrected chi connectivity index (χ0v) is 19.3. The molecule has 1 aliphatic rings. The summed E-state index contributed by atoms with van der Waals surface area (Å²) < 4.78 is 5.94. The van der Waals surface area contributed by atoms with Gasteiger partial charge in [0.1, 0.15) is 0 Å². The van der Waals surface area contributed by atoms with Gasteiger partial charge in [-0.15, -0.1) is 0 Å². The van der Waals surface area contributed by atoms with Crippen molar-refractivity contribution in [3.05, 3.63) is 71.3 Å². The molecule has 0 spiro atoms. The molecule has 1 saturated heterocycles. The summed E-state index contributed by atoms with van der Waals surface area (Å²) in [7, 11) is 1.82. The van der Waals surface area contributed by atoms with Crippen LogP contribution in [-0.2, 0) is 17.9 Å². The number of hydrogen-bond acceptors (Lipinski definition) is 3. The first-order chi connectivity index (χ1) is 15.7. The Labute approximate surface area is 192 Å². The third kappa shape index (κ3) is 7.38. The predicted octanol–water partition coefficient (Wildman–Crippen LogP) is 3.83. The van der Waals surface area contributed by atoms with Crippen molar-refractivity contribution in [1.29, 1.82) is 0 Å². The Hall–Kier alpha value is -2.86. The van der Waals surface area contributed by atoms with Crippen LogP contribution in [0.25, 0.3) is 0 Å². The van der Waals surface area contributed by atoms with Gasteiger partial charge in [-0.2, -0.15) is 0 Å². The van der Waals surface area contributed by atoms with Gasteiger partial charge in [-0.3, -0.25) is 9.79 Å². The van der Waals surface area contributed by atoms with Crippen molar-refractivity contribution in [2.75, 3.05) is 33.3 Å². The van der Waals surface area contributed by atoms with E-state index in [-0.39, 0.29) is 5.91 Å². The van der Waals surface area contributed by atoms with Crippen LogP contribution >= 0.6 is 0 Å². The molecule has 1 unspecified atom stereocenters. The van der Waals surface area contributed by atoms with Crippen molar-refractivity contribution >= 4 is 11.9 Å². The summed E-state index contributed by atoms with van der Waals surface area (Å²) in [5.41, 5.74) is 3.04. The number of aliphatic imine (C=N–C) groups is 1. The summed E-state index contributed by atoms with van der Waals surface area (Å²) in [6, 6.07) is 18.1. The second-order valence-corrected chi connectivity index (χ2v) is 8.31. The zero-order valence-electron chi connectivity index (χ0n) is 19.3. The Morgan fingerprint density at radius 1 is 1.09 bits per heavy atom. The molecule has 1 atom stereocenters. The van der Waals surface area contributed by atoms with Gasteiger partial charge >= 0.3 is 0 Å². The van der Waals surface area contributed by atoms with Crippen LogP contribution in [0, 0.1) is 5.92 Å². The molecule has 1 aliphatic heterocycles. The molecule has 2 aromatic carbocycles. The molecule has 2 N–H and O–H groups in total. The average Bonchev–Trinajstić information content (AvgIpc) is 3.29. The van der Waals surface area contributed by atoms with Gasteiger partial charge in [0.25, 0.3) is 5.91 Å². The van der Waals surface area contributed by atoms with E-state index in [0.29, 0.717) is 24.6 Å². The molecule has 0 aromatic heterocycles. The largest absolute Gasteiger partial charge is 0.376 e. The Bertz CT molecular complexity index is 852. The Morgan fingerprint density at radius 3 is 2.59 bits per heavy atom. The van der Waals surface area contributed by atoms with Crippen LogP contribution in [0.15, 0.2) is 59.6 Å². The van der Waals surface area contributed by atoms with E-state index in [2.05, 4.69) is 39.6 Å². The topological polar surface area (TPSA) is 66.0 Å². The second kappa shape index (κ2) is 12.9. The standard InChI is InChI=1S/C26H36N4O2/c1-3-4-15-28-25(31)24-12-10-21(11-13-24)17-29-26(27-2)30-16-14-23(18-30)20-32-19-22-8-6-5-7-9-22/h5-13,23H,3-4,14-20H2,1-2H3,(H,27,29)(H,28,31). The molecule has 0 radical (unpaired) electrons. The molecular weight excluding hydrogens is 400 g/mol. The maximum Gasteiger partial charge on any atom is 0.251 e. The minimum absolute atomic E-state index is 0.00800. The molecule has 6 heteroatoms. The number of likely N-dealkylation sites (tertiary alicyclic amines) is 1. The first kappa shape index (κ1) is 23.8. The van der Waals surface area contributed by atoms with Gasteiger partial charge in [-0.25, -0.2) is 0 Å². The quantitative estimate of drug-likeness (QED) is 0.338. The number of nitrogens with zero attached hydrogens (tertiary/aromatic N) is 2. The second-order valence-electron chi connectivity index (χ2n) is 8.31. The van der Waals surface area contributed by atoms with Gasteiger partial charge in [0.15, 0.2) is 5.96 Å². The van der Waals surface area contributed by atoms with E-state index in [4.69, 9.17) is 4.74 Å². The van der Waals surface area contributed by atoms with Crippen molar-refractivity contribution in [2.24, 2.45) is 10.9 Å². The Morgan fingerprint density at radius 2 is 1.88 bits per heavy atom. The molecule has 0 saturated carbocycles. The number of hydrogen-bond donors (Lipinski definition) is 2. The molecule has 6 nitrogen and oxygen atoms in total. The van der Waals surface area contributed by atoms with Gasteiger partial charge < -0.3 is 20.3 Å². The summed E-state index contributed by atoms with van der Waals surface area (Å²) in [6.07, 6.45) is 3.19. The molecule has 2 aromatic rings. The number of unbranched alkanes of at least 4 members (excludes halogenated alkanes) is 1. The number of ether oxygens (including phenoxy) is 1. The van der Waals surface area contributed by atoms with E-state index < -0.39 is 0 Å². The zero-order chi connectivity index (χ0) is 22.6. The van der Waals surface area contributed by atoms with Crippen LogP contribution in [0.4, 0.5) is 0 Å². The van der Waals surface area contributed by atoms with Crippen LogP contribution in [-0.4, -0.2) is 50.1 Å². The molecular formula is C26H36N4O2. The van der Waals surface area contributed by atoms with Gasteiger partial charge in [0.2, 0.25) is 0 Å². The van der Waals surface area contributed by atoms with Crippen molar-refractivity contribution in [1.82, 2.24) is 15.5 Å². The van der Waals surface area contributed by atoms with E-state index in [1.807, 2.05) is 49.5 Å². The molecule has 1 fully saturated rings. The van der Waals surface area contributed by atoms with Crippen molar-refractivity contribution < 1.29 is 9.53 Å². The highest BCUT2D eigenvalue weighted by Gasteiger charge is 2.25. The smallest absolute Gasteiger partial charge is 0.251 e. The third-order valence-electron chi connectivity index (χ3n) is 5.74. The fourth-order valence-corrected chi connectivity index (χ4v) is 3.85.